The van der Waals surface area contributed by atoms with Crippen LogP contribution in [-0.4, -0.2) is 6.54 Å². The van der Waals surface area contributed by atoms with Crippen LogP contribution in [0.2, 0.25) is 0 Å². The van der Waals surface area contributed by atoms with Crippen molar-refractivity contribution in [1.82, 2.24) is 0 Å². The Morgan fingerprint density at radius 2 is 1.59 bits per heavy atom. The number of hydrogen-bond acceptors (Lipinski definition) is 1. The highest BCUT2D eigenvalue weighted by Gasteiger charge is 2.39. The number of rotatable bonds is 9. The van der Waals surface area contributed by atoms with Crippen LogP contribution in [0.25, 0.3) is 0 Å². The van der Waals surface area contributed by atoms with Crippen molar-refractivity contribution in [3.8, 4) is 0 Å². The molecule has 0 aromatic heterocycles. The Hall–Kier alpha value is -3.06. The van der Waals surface area contributed by atoms with Gasteiger partial charge in [0, 0.05) is 28.8 Å². The van der Waals surface area contributed by atoms with Crippen molar-refractivity contribution in [3.05, 3.63) is 126 Å². The standard InChI is InChI=1S/C33H41N/c1-8-9-25-34-30-23-18-17-22-29(30)33(6,7)31(34)24-14-12-10-11-13-20-27(3)32(4,5)28-21-16-15-19-26(28)2/h10-24H,3,8-9,25H2,1-2,4-7H3/b11-10+,14-12+,20-13+,31-24+. The Kier molecular flexibility index (Phi) is 8.20. The zero-order valence-electron chi connectivity index (χ0n) is 21.9. The average molecular weight is 452 g/mol. The summed E-state index contributed by atoms with van der Waals surface area (Å²) in [4.78, 5) is 2.50. The normalized spacial score (nSPS) is 16.9. The zero-order chi connectivity index (χ0) is 24.8. The number of anilines is 1. The maximum absolute atomic E-state index is 4.34. The fraction of sp³-hybridized carbons (Fsp3) is 0.333. The molecule has 0 saturated heterocycles. The molecule has 1 aliphatic rings. The largest absolute Gasteiger partial charge is 0.344 e. The summed E-state index contributed by atoms with van der Waals surface area (Å²) in [7, 11) is 0. The van der Waals surface area contributed by atoms with Crippen LogP contribution in [0.1, 0.15) is 64.2 Å². The first-order chi connectivity index (χ1) is 16.2. The molecule has 34 heavy (non-hydrogen) atoms. The molecule has 1 aliphatic heterocycles. The molecule has 0 unspecified atom stereocenters. The highest BCUT2D eigenvalue weighted by Crippen LogP contribution is 2.47. The van der Waals surface area contributed by atoms with E-state index in [0.717, 1.165) is 12.1 Å². The third kappa shape index (κ3) is 5.36. The summed E-state index contributed by atoms with van der Waals surface area (Å²) in [5.41, 5.74) is 7.79. The van der Waals surface area contributed by atoms with Gasteiger partial charge in [0.1, 0.15) is 0 Å². The van der Waals surface area contributed by atoms with Crippen molar-refractivity contribution in [1.29, 1.82) is 0 Å². The fourth-order valence-electron chi connectivity index (χ4n) is 4.86. The lowest BCUT2D eigenvalue weighted by atomic mass is 9.76. The summed E-state index contributed by atoms with van der Waals surface area (Å²) in [6.45, 7) is 19.0. The number of nitrogens with zero attached hydrogens (tertiary/aromatic N) is 1. The highest BCUT2D eigenvalue weighted by molar-refractivity contribution is 5.70. The van der Waals surface area contributed by atoms with E-state index in [1.807, 2.05) is 0 Å². The molecule has 0 fully saturated rings. The topological polar surface area (TPSA) is 3.24 Å². The number of benzene rings is 2. The van der Waals surface area contributed by atoms with Crippen LogP contribution in [0.4, 0.5) is 5.69 Å². The van der Waals surface area contributed by atoms with Crippen LogP contribution < -0.4 is 4.90 Å². The van der Waals surface area contributed by atoms with Gasteiger partial charge in [-0.3, -0.25) is 0 Å². The molecule has 0 N–H and O–H groups in total. The molecule has 2 aromatic rings. The second-order valence-corrected chi connectivity index (χ2v) is 10.3. The minimum atomic E-state index is -0.0963. The second kappa shape index (κ2) is 10.9. The average Bonchev–Trinajstić information content (AvgIpc) is 3.03. The SMILES string of the molecule is C=C(/C=C/C=C/C=C/C=C1/N(CCCC)c2ccccc2C1(C)C)C(C)(C)c1ccccc1C. The minimum Gasteiger partial charge on any atom is -0.344 e. The molecule has 0 bridgehead atoms. The Balaban J connectivity index is 1.69. The lowest BCUT2D eigenvalue weighted by molar-refractivity contribution is 0.624. The summed E-state index contributed by atoms with van der Waals surface area (Å²) < 4.78 is 0. The smallest absolute Gasteiger partial charge is 0.0450 e. The second-order valence-electron chi connectivity index (χ2n) is 10.3. The summed E-state index contributed by atoms with van der Waals surface area (Å²) in [5, 5.41) is 0. The molecule has 1 heteroatoms. The first-order valence-corrected chi connectivity index (χ1v) is 12.6. The van der Waals surface area contributed by atoms with Gasteiger partial charge in [0.15, 0.2) is 0 Å². The van der Waals surface area contributed by atoms with Gasteiger partial charge in [0.2, 0.25) is 0 Å². The quantitative estimate of drug-likeness (QED) is 0.344. The van der Waals surface area contributed by atoms with Crippen LogP contribution in [-0.2, 0) is 10.8 Å². The molecule has 0 atom stereocenters. The molecule has 0 radical (unpaired) electrons. The summed E-state index contributed by atoms with van der Waals surface area (Å²) in [5.74, 6) is 0. The van der Waals surface area contributed by atoms with Crippen LogP contribution >= 0.6 is 0 Å². The summed E-state index contributed by atoms with van der Waals surface area (Å²) in [6.07, 6.45) is 17.3. The van der Waals surface area contributed by atoms with Gasteiger partial charge in [-0.25, -0.2) is 0 Å². The molecule has 1 nitrogen and oxygen atoms in total. The number of fused-ring (bicyclic) bond motifs is 1. The maximum atomic E-state index is 4.34. The van der Waals surface area contributed by atoms with Gasteiger partial charge < -0.3 is 4.90 Å². The van der Waals surface area contributed by atoms with Gasteiger partial charge >= 0.3 is 0 Å². The third-order valence-corrected chi connectivity index (χ3v) is 7.15. The van der Waals surface area contributed by atoms with Crippen molar-refractivity contribution in [2.75, 3.05) is 11.4 Å². The molecule has 0 amide bonds. The Morgan fingerprint density at radius 1 is 0.941 bits per heavy atom. The molecule has 178 valence electrons. The van der Waals surface area contributed by atoms with E-state index in [-0.39, 0.29) is 10.8 Å². The van der Waals surface area contributed by atoms with Crippen molar-refractivity contribution < 1.29 is 0 Å². The summed E-state index contributed by atoms with van der Waals surface area (Å²) >= 11 is 0. The van der Waals surface area contributed by atoms with Gasteiger partial charge in [0.25, 0.3) is 0 Å². The molecule has 1 heterocycles. The van der Waals surface area contributed by atoms with E-state index in [9.17, 15) is 0 Å². The predicted molar refractivity (Wildman–Crippen MR) is 151 cm³/mol. The van der Waals surface area contributed by atoms with Crippen molar-refractivity contribution in [3.63, 3.8) is 0 Å². The molecule has 0 spiro atoms. The van der Waals surface area contributed by atoms with Gasteiger partial charge in [-0.1, -0.05) is 127 Å². The minimum absolute atomic E-state index is 0.0111. The molecular formula is C33H41N. The number of hydrogen-bond donors (Lipinski definition) is 0. The van der Waals surface area contributed by atoms with Gasteiger partial charge in [-0.15, -0.1) is 0 Å². The monoisotopic (exact) mass is 451 g/mol. The predicted octanol–water partition coefficient (Wildman–Crippen LogP) is 8.98. The van der Waals surface area contributed by atoms with E-state index in [1.54, 1.807) is 0 Å². The van der Waals surface area contributed by atoms with E-state index < -0.39 is 0 Å². The Labute approximate surface area is 207 Å². The summed E-state index contributed by atoms with van der Waals surface area (Å²) in [6, 6.07) is 17.4. The van der Waals surface area contributed by atoms with E-state index in [1.165, 1.54) is 40.9 Å². The molecule has 0 aliphatic carbocycles. The maximum Gasteiger partial charge on any atom is 0.0450 e. The Bertz CT molecular complexity index is 1120. The van der Waals surface area contributed by atoms with E-state index >= 15 is 0 Å². The van der Waals surface area contributed by atoms with Crippen LogP contribution in [0.15, 0.2) is 109 Å². The number of allylic oxidation sites excluding steroid dienone is 9. The van der Waals surface area contributed by atoms with Gasteiger partial charge in [-0.2, -0.15) is 0 Å². The third-order valence-electron chi connectivity index (χ3n) is 7.15. The van der Waals surface area contributed by atoms with Gasteiger partial charge in [0.05, 0.1) is 0 Å². The molecule has 2 aromatic carbocycles. The molecular weight excluding hydrogens is 410 g/mol. The van der Waals surface area contributed by atoms with Gasteiger partial charge in [-0.05, 0) is 47.8 Å². The van der Waals surface area contributed by atoms with Crippen molar-refractivity contribution >= 4 is 5.69 Å². The van der Waals surface area contributed by atoms with Crippen LogP contribution in [0.3, 0.4) is 0 Å². The van der Waals surface area contributed by atoms with Crippen molar-refractivity contribution in [2.45, 2.75) is 65.2 Å². The Morgan fingerprint density at radius 3 is 2.32 bits per heavy atom. The lowest BCUT2D eigenvalue weighted by Crippen LogP contribution is -2.26. The number of unbranched alkanes of at least 4 members (excludes halogenated alkanes) is 1. The molecule has 0 saturated carbocycles. The van der Waals surface area contributed by atoms with Crippen LogP contribution in [0, 0.1) is 6.92 Å². The fourth-order valence-corrected chi connectivity index (χ4v) is 4.86. The zero-order valence-corrected chi connectivity index (χ0v) is 21.9. The number of para-hydroxylation sites is 1. The van der Waals surface area contributed by atoms with Crippen LogP contribution in [0.5, 0.6) is 0 Å². The first kappa shape index (κ1) is 25.6. The van der Waals surface area contributed by atoms with Crippen molar-refractivity contribution in [2.24, 2.45) is 0 Å². The molecule has 3 rings (SSSR count). The highest BCUT2D eigenvalue weighted by atomic mass is 15.2. The first-order valence-electron chi connectivity index (χ1n) is 12.6. The van der Waals surface area contributed by atoms with E-state index in [4.69, 9.17) is 0 Å². The number of aryl methyl sites for hydroxylation is 1. The lowest BCUT2D eigenvalue weighted by Gasteiger charge is -2.28. The van der Waals surface area contributed by atoms with E-state index in [0.29, 0.717) is 0 Å². The van der Waals surface area contributed by atoms with E-state index in [2.05, 4.69) is 144 Å².